The summed E-state index contributed by atoms with van der Waals surface area (Å²) in [5.41, 5.74) is 1.19. The van der Waals surface area contributed by atoms with Gasteiger partial charge in [0.1, 0.15) is 30.0 Å². The maximum atomic E-state index is 14.1. The number of fused-ring (bicyclic) bond motifs is 1. The fourth-order valence-electron chi connectivity index (χ4n) is 8.99. The first-order valence-electron chi connectivity index (χ1n) is 20.1. The summed E-state index contributed by atoms with van der Waals surface area (Å²) in [6, 6.07) is 16.4. The molecule has 6 unspecified atom stereocenters. The minimum absolute atomic E-state index is 0.0391. The van der Waals surface area contributed by atoms with Crippen molar-refractivity contribution in [2.75, 3.05) is 26.7 Å². The van der Waals surface area contributed by atoms with E-state index in [0.29, 0.717) is 11.8 Å². The van der Waals surface area contributed by atoms with E-state index >= 15 is 0 Å². The number of nitrogens with one attached hydrogen (secondary N) is 5. The van der Waals surface area contributed by atoms with Crippen LogP contribution in [0.3, 0.4) is 0 Å². The number of aromatic amines is 1. The Labute approximate surface area is 337 Å². The maximum absolute atomic E-state index is 14.1. The van der Waals surface area contributed by atoms with E-state index in [9.17, 15) is 24.3 Å². The molecule has 16 nitrogen and oxygen atoms in total. The SMILES string of the molecule is CC(Cc1c[nH]c2ccccc12)(NC(=O)OC1C2CC3CC(C2)CC1C3)C(=O)NCC(NC(=O)CCC(=O)O)c1ccccc1.CNCC(O)C(O)C(O)C(O)CO. The number of aromatic nitrogens is 1. The van der Waals surface area contributed by atoms with Gasteiger partial charge in [-0.3, -0.25) is 14.4 Å². The molecule has 3 amide bonds. The molecule has 2 aromatic carbocycles. The number of aliphatic hydroxyl groups excluding tert-OH is 5. The van der Waals surface area contributed by atoms with Gasteiger partial charge in [-0.25, -0.2) is 4.79 Å². The summed E-state index contributed by atoms with van der Waals surface area (Å²) < 4.78 is 6.13. The summed E-state index contributed by atoms with van der Waals surface area (Å²) >= 11 is 0. The topological polar surface area (TPSA) is 263 Å². The molecule has 4 bridgehead atoms. The maximum Gasteiger partial charge on any atom is 0.408 e. The fraction of sp³-hybridized carbons (Fsp3) is 0.571. The molecule has 7 rings (SSSR count). The Morgan fingerprint density at radius 2 is 1.47 bits per heavy atom. The second-order valence-corrected chi connectivity index (χ2v) is 16.3. The number of hydrogen-bond donors (Lipinski definition) is 11. The Morgan fingerprint density at radius 1 is 0.845 bits per heavy atom. The van der Waals surface area contributed by atoms with Gasteiger partial charge in [-0.15, -0.1) is 0 Å². The standard InChI is InChI=1S/C35H42N4O6.C7H17NO5/c1-35(18-26-19-36-28-10-6-5-9-27(26)28,39-34(44)45-32-24-14-21-13-22(16-24)17-25(32)15-21)33(43)37-20-29(23-7-3-2-4-8-23)38-30(40)11-12-31(41)42;1-8-2-4(10)6(12)7(13)5(11)3-9/h2-10,19,21-22,24-25,29,32,36H,11-18,20H2,1H3,(H,37,43)(H,38,40)(H,39,44)(H,41,42);4-13H,2-3H2,1H3. The number of aliphatic carboxylic acids is 1. The minimum atomic E-state index is -1.55. The summed E-state index contributed by atoms with van der Waals surface area (Å²) in [5.74, 6) is 0.351. The lowest BCUT2D eigenvalue weighted by molar-refractivity contribution is -0.138. The van der Waals surface area contributed by atoms with E-state index in [2.05, 4.69) is 26.3 Å². The number of carboxylic acids is 1. The number of carbonyl (C=O) groups is 4. The number of alkyl carbamates (subject to hydrolysis) is 1. The number of likely N-dealkylation sites (N-methyl/N-ethyl adjacent to an activating group) is 1. The van der Waals surface area contributed by atoms with E-state index in [1.807, 2.05) is 60.8 Å². The lowest BCUT2D eigenvalue weighted by atomic mass is 9.55. The van der Waals surface area contributed by atoms with Crippen LogP contribution in [0.1, 0.15) is 69.0 Å². The summed E-state index contributed by atoms with van der Waals surface area (Å²) in [6.07, 6.45) is 0.971. The molecule has 1 heterocycles. The Bertz CT molecular complexity index is 1800. The van der Waals surface area contributed by atoms with Gasteiger partial charge in [0, 0.05) is 43.0 Å². The number of amides is 3. The smallest absolute Gasteiger partial charge is 0.408 e. The molecule has 4 saturated carbocycles. The van der Waals surface area contributed by atoms with Crippen LogP contribution in [0.15, 0.2) is 60.8 Å². The van der Waals surface area contributed by atoms with E-state index in [0.717, 1.165) is 59.5 Å². The Balaban J connectivity index is 0.000000425. The van der Waals surface area contributed by atoms with Crippen molar-refractivity contribution in [2.24, 2.45) is 23.7 Å². The van der Waals surface area contributed by atoms with Gasteiger partial charge in [-0.1, -0.05) is 48.5 Å². The summed E-state index contributed by atoms with van der Waals surface area (Å²) in [6.45, 7) is 1.17. The number of carbonyl (C=O) groups excluding carboxylic acids is 3. The van der Waals surface area contributed by atoms with Gasteiger partial charge in [0.25, 0.3) is 0 Å². The number of carboxylic acid groups (broad SMARTS) is 1. The van der Waals surface area contributed by atoms with Crippen LogP contribution >= 0.6 is 0 Å². The number of aliphatic hydroxyl groups is 5. The number of hydrogen-bond acceptors (Lipinski definition) is 11. The number of rotatable bonds is 18. The van der Waals surface area contributed by atoms with Crippen molar-refractivity contribution in [1.29, 1.82) is 0 Å². The molecule has 0 saturated heterocycles. The quantitative estimate of drug-likeness (QED) is 0.0874. The molecule has 0 radical (unpaired) electrons. The summed E-state index contributed by atoms with van der Waals surface area (Å²) in [5, 5.41) is 66.2. The van der Waals surface area contributed by atoms with Crippen LogP contribution in [0.2, 0.25) is 0 Å². The zero-order chi connectivity index (χ0) is 42.0. The van der Waals surface area contributed by atoms with E-state index in [1.165, 1.54) is 6.42 Å². The second kappa shape index (κ2) is 20.4. The summed E-state index contributed by atoms with van der Waals surface area (Å²) in [4.78, 5) is 54.4. The van der Waals surface area contributed by atoms with Gasteiger partial charge >= 0.3 is 12.1 Å². The molecule has 0 spiro atoms. The molecule has 3 aromatic rings. The third kappa shape index (κ3) is 11.5. The van der Waals surface area contributed by atoms with Crippen LogP contribution in [0, 0.1) is 23.7 Å². The lowest BCUT2D eigenvalue weighted by Gasteiger charge is -2.53. The number of para-hydroxylation sites is 1. The number of ether oxygens (including phenoxy) is 1. The highest BCUT2D eigenvalue weighted by Gasteiger charge is 2.50. The van der Waals surface area contributed by atoms with E-state index < -0.39 is 66.5 Å². The normalized spacial score (nSPS) is 24.2. The van der Waals surface area contributed by atoms with Gasteiger partial charge in [0.2, 0.25) is 11.8 Å². The van der Waals surface area contributed by atoms with E-state index in [1.54, 1.807) is 14.0 Å². The Morgan fingerprint density at radius 3 is 2.09 bits per heavy atom. The van der Waals surface area contributed by atoms with Crippen molar-refractivity contribution in [1.82, 2.24) is 26.3 Å². The Hall–Kier alpha value is -4.58. The van der Waals surface area contributed by atoms with Crippen LogP contribution in [0.5, 0.6) is 0 Å². The van der Waals surface area contributed by atoms with Crippen LogP contribution in [-0.2, 0) is 25.5 Å². The van der Waals surface area contributed by atoms with Crippen LogP contribution in [0.4, 0.5) is 4.79 Å². The lowest BCUT2D eigenvalue weighted by Crippen LogP contribution is -2.60. The highest BCUT2D eigenvalue weighted by atomic mass is 16.6. The van der Waals surface area contributed by atoms with Gasteiger partial charge in [-0.05, 0) is 86.9 Å². The molecule has 16 heteroatoms. The number of H-pyrrole nitrogens is 1. The monoisotopic (exact) mass is 809 g/mol. The third-order valence-corrected chi connectivity index (χ3v) is 11.8. The molecule has 318 valence electrons. The number of benzene rings is 2. The van der Waals surface area contributed by atoms with Crippen molar-refractivity contribution in [3.05, 3.63) is 71.9 Å². The highest BCUT2D eigenvalue weighted by Crippen LogP contribution is 2.54. The molecule has 4 aliphatic rings. The third-order valence-electron chi connectivity index (χ3n) is 11.8. The molecule has 1 aromatic heterocycles. The largest absolute Gasteiger partial charge is 0.481 e. The van der Waals surface area contributed by atoms with Crippen molar-refractivity contribution >= 4 is 34.8 Å². The predicted molar refractivity (Wildman–Crippen MR) is 213 cm³/mol. The zero-order valence-electron chi connectivity index (χ0n) is 33.0. The van der Waals surface area contributed by atoms with Gasteiger partial charge < -0.3 is 61.6 Å². The van der Waals surface area contributed by atoms with Crippen molar-refractivity contribution < 1.29 is 54.6 Å². The fourth-order valence-corrected chi connectivity index (χ4v) is 8.99. The average molecular weight is 810 g/mol. The first kappa shape index (κ1) is 44.5. The van der Waals surface area contributed by atoms with Gasteiger partial charge in [0.15, 0.2) is 0 Å². The predicted octanol–water partition coefficient (Wildman–Crippen LogP) is 1.50. The zero-order valence-corrected chi connectivity index (χ0v) is 33.0. The second-order valence-electron chi connectivity index (χ2n) is 16.3. The van der Waals surface area contributed by atoms with Crippen molar-refractivity contribution in [3.63, 3.8) is 0 Å². The molecule has 4 aliphatic carbocycles. The van der Waals surface area contributed by atoms with Crippen LogP contribution in [0.25, 0.3) is 10.9 Å². The minimum Gasteiger partial charge on any atom is -0.481 e. The van der Waals surface area contributed by atoms with Gasteiger partial charge in [-0.2, -0.15) is 0 Å². The molecular formula is C42H59N5O11. The highest BCUT2D eigenvalue weighted by molar-refractivity contribution is 5.91. The van der Waals surface area contributed by atoms with E-state index in [-0.39, 0.29) is 38.5 Å². The Kier molecular flexibility index (Phi) is 15.7. The molecule has 0 aliphatic heterocycles. The van der Waals surface area contributed by atoms with Crippen molar-refractivity contribution in [3.8, 4) is 0 Å². The average Bonchev–Trinajstić information content (AvgIpc) is 3.61. The van der Waals surface area contributed by atoms with E-state index in [4.69, 9.17) is 30.3 Å². The first-order chi connectivity index (χ1) is 27.7. The first-order valence-corrected chi connectivity index (χ1v) is 20.1. The molecule has 6 atom stereocenters. The van der Waals surface area contributed by atoms with Crippen LogP contribution < -0.4 is 21.3 Å². The molecular weight excluding hydrogens is 750 g/mol. The summed E-state index contributed by atoms with van der Waals surface area (Å²) in [7, 11) is 1.57. The van der Waals surface area contributed by atoms with Crippen LogP contribution in [-0.4, -0.2) is 122 Å². The van der Waals surface area contributed by atoms with Crippen molar-refractivity contribution in [2.45, 2.75) is 100 Å². The van der Waals surface area contributed by atoms with Gasteiger partial charge in [0.05, 0.1) is 25.2 Å². The molecule has 4 fully saturated rings. The molecule has 58 heavy (non-hydrogen) atoms. The molecule has 11 N–H and O–H groups in total.